The predicted octanol–water partition coefficient (Wildman–Crippen LogP) is 2.61. The Balaban J connectivity index is 2.27. The largest absolute Gasteiger partial charge is 0.302 e. The summed E-state index contributed by atoms with van der Waals surface area (Å²) in [5, 5.41) is 1.13. The van der Waals surface area contributed by atoms with Crippen LogP contribution in [0.25, 0.3) is 0 Å². The summed E-state index contributed by atoms with van der Waals surface area (Å²) in [5.41, 5.74) is 0. The van der Waals surface area contributed by atoms with E-state index in [1.54, 1.807) is 0 Å². The van der Waals surface area contributed by atoms with Crippen molar-refractivity contribution >= 4 is 15.9 Å². The number of alkyl halides is 1. The Hall–Kier alpha value is 0.440. The summed E-state index contributed by atoms with van der Waals surface area (Å²) >= 11 is 3.53. The van der Waals surface area contributed by atoms with Gasteiger partial charge < -0.3 is 4.90 Å². The first-order valence-electron chi connectivity index (χ1n) is 4.91. The molecule has 12 heavy (non-hydrogen) atoms. The van der Waals surface area contributed by atoms with Gasteiger partial charge in [0.25, 0.3) is 0 Å². The minimum atomic E-state index is 0.794. The van der Waals surface area contributed by atoms with Crippen molar-refractivity contribution in [1.82, 2.24) is 4.90 Å². The highest BCUT2D eigenvalue weighted by Gasteiger charge is 2.26. The zero-order chi connectivity index (χ0) is 9.14. The second kappa shape index (κ2) is 4.61. The Kier molecular flexibility index (Phi) is 4.04. The summed E-state index contributed by atoms with van der Waals surface area (Å²) in [6, 6.07) is 0. The number of likely N-dealkylation sites (tertiary alicyclic amines) is 1. The minimum Gasteiger partial charge on any atom is -0.302 e. The van der Waals surface area contributed by atoms with Gasteiger partial charge >= 0.3 is 0 Å². The summed E-state index contributed by atoms with van der Waals surface area (Å²) < 4.78 is 0. The number of nitrogens with zero attached hydrogens (tertiary/aromatic N) is 1. The summed E-state index contributed by atoms with van der Waals surface area (Å²) in [6.45, 7) is 10.9. The zero-order valence-corrected chi connectivity index (χ0v) is 9.97. The van der Waals surface area contributed by atoms with Gasteiger partial charge in [0.1, 0.15) is 0 Å². The highest BCUT2D eigenvalue weighted by molar-refractivity contribution is 9.09. The monoisotopic (exact) mass is 233 g/mol. The first-order valence-corrected chi connectivity index (χ1v) is 6.04. The third kappa shape index (κ3) is 2.74. The Morgan fingerprint density at radius 3 is 2.25 bits per heavy atom. The molecule has 1 rings (SSSR count). The number of hydrogen-bond donors (Lipinski definition) is 0. The predicted molar refractivity (Wildman–Crippen MR) is 57.7 cm³/mol. The fourth-order valence-electron chi connectivity index (χ4n) is 1.89. The lowest BCUT2D eigenvalue weighted by molar-refractivity contribution is 0.289. The third-order valence-electron chi connectivity index (χ3n) is 2.90. The van der Waals surface area contributed by atoms with Crippen LogP contribution < -0.4 is 0 Å². The fraction of sp³-hybridized carbons (Fsp3) is 1.00. The van der Waals surface area contributed by atoms with Crippen LogP contribution in [0.2, 0.25) is 0 Å². The van der Waals surface area contributed by atoms with Crippen molar-refractivity contribution < 1.29 is 0 Å². The van der Waals surface area contributed by atoms with Crippen LogP contribution in [0.5, 0.6) is 0 Å². The molecule has 0 aromatic rings. The van der Waals surface area contributed by atoms with E-state index in [0.29, 0.717) is 0 Å². The molecule has 1 heterocycles. The Labute approximate surface area is 84.6 Å². The molecule has 1 saturated heterocycles. The van der Waals surface area contributed by atoms with Crippen LogP contribution in [0.4, 0.5) is 0 Å². The standard InChI is InChI=1S/C10H20BrN/c1-8(4-11)5-12-6-9(2)10(3)7-12/h8-10H,4-7H2,1-3H3. The minimum absolute atomic E-state index is 0.794. The molecule has 0 bridgehead atoms. The van der Waals surface area contributed by atoms with Crippen LogP contribution in [0.15, 0.2) is 0 Å². The molecule has 0 saturated carbocycles. The summed E-state index contributed by atoms with van der Waals surface area (Å²) in [4.78, 5) is 2.60. The Morgan fingerprint density at radius 1 is 1.33 bits per heavy atom. The lowest BCUT2D eigenvalue weighted by atomic mass is 10.0. The van der Waals surface area contributed by atoms with E-state index in [1.165, 1.54) is 19.6 Å². The number of halogens is 1. The highest BCUT2D eigenvalue weighted by Crippen LogP contribution is 2.22. The van der Waals surface area contributed by atoms with Gasteiger partial charge in [0.2, 0.25) is 0 Å². The zero-order valence-electron chi connectivity index (χ0n) is 8.39. The average molecular weight is 234 g/mol. The van der Waals surface area contributed by atoms with Crippen molar-refractivity contribution in [3.63, 3.8) is 0 Å². The van der Waals surface area contributed by atoms with Crippen molar-refractivity contribution in [1.29, 1.82) is 0 Å². The molecule has 1 aliphatic heterocycles. The van der Waals surface area contributed by atoms with Gasteiger partial charge in [-0.15, -0.1) is 0 Å². The van der Waals surface area contributed by atoms with Gasteiger partial charge in [0.05, 0.1) is 0 Å². The van der Waals surface area contributed by atoms with E-state index in [1.807, 2.05) is 0 Å². The molecule has 72 valence electrons. The smallest absolute Gasteiger partial charge is 0.00692 e. The average Bonchev–Trinajstić information content (AvgIpc) is 2.31. The van der Waals surface area contributed by atoms with Gasteiger partial charge in [-0.2, -0.15) is 0 Å². The highest BCUT2D eigenvalue weighted by atomic mass is 79.9. The van der Waals surface area contributed by atoms with E-state index in [9.17, 15) is 0 Å². The number of hydrogen-bond acceptors (Lipinski definition) is 1. The van der Waals surface area contributed by atoms with Crippen LogP contribution >= 0.6 is 15.9 Å². The molecule has 1 fully saturated rings. The normalized spacial score (nSPS) is 34.0. The molecule has 0 aromatic carbocycles. The van der Waals surface area contributed by atoms with Crippen molar-refractivity contribution in [3.8, 4) is 0 Å². The van der Waals surface area contributed by atoms with Crippen LogP contribution in [-0.4, -0.2) is 29.9 Å². The maximum Gasteiger partial charge on any atom is 0.00692 e. The molecule has 0 spiro atoms. The van der Waals surface area contributed by atoms with Crippen molar-refractivity contribution in [2.24, 2.45) is 17.8 Å². The molecule has 0 aromatic heterocycles. The molecule has 0 N–H and O–H groups in total. The fourth-order valence-corrected chi connectivity index (χ4v) is 2.09. The van der Waals surface area contributed by atoms with Crippen LogP contribution in [0.1, 0.15) is 20.8 Å². The lowest BCUT2D eigenvalue weighted by Gasteiger charge is -2.18. The topological polar surface area (TPSA) is 3.24 Å². The molecule has 0 aliphatic carbocycles. The SMILES string of the molecule is CC(CBr)CN1CC(C)C(C)C1. The summed E-state index contributed by atoms with van der Waals surface area (Å²) in [7, 11) is 0. The number of rotatable bonds is 3. The van der Waals surface area contributed by atoms with E-state index in [0.717, 1.165) is 23.1 Å². The molecule has 3 unspecified atom stereocenters. The second-order valence-corrected chi connectivity index (χ2v) is 5.08. The molecule has 0 amide bonds. The molecule has 1 nitrogen and oxygen atoms in total. The molecular weight excluding hydrogens is 214 g/mol. The van der Waals surface area contributed by atoms with Gasteiger partial charge in [0.15, 0.2) is 0 Å². The van der Waals surface area contributed by atoms with E-state index >= 15 is 0 Å². The molecular formula is C10H20BrN. The molecule has 1 aliphatic rings. The van der Waals surface area contributed by atoms with Crippen LogP contribution in [0, 0.1) is 17.8 Å². The Bertz CT molecular complexity index is 128. The van der Waals surface area contributed by atoms with E-state index < -0.39 is 0 Å². The van der Waals surface area contributed by atoms with E-state index in [4.69, 9.17) is 0 Å². The summed E-state index contributed by atoms with van der Waals surface area (Å²) in [6.07, 6.45) is 0. The first-order chi connectivity index (χ1) is 5.63. The van der Waals surface area contributed by atoms with Crippen molar-refractivity contribution in [2.75, 3.05) is 25.0 Å². The van der Waals surface area contributed by atoms with Gasteiger partial charge in [0, 0.05) is 25.0 Å². The van der Waals surface area contributed by atoms with E-state index in [-0.39, 0.29) is 0 Å². The Morgan fingerprint density at radius 2 is 1.83 bits per heavy atom. The van der Waals surface area contributed by atoms with Gasteiger partial charge in [-0.25, -0.2) is 0 Å². The quantitative estimate of drug-likeness (QED) is 0.678. The summed E-state index contributed by atoms with van der Waals surface area (Å²) in [5.74, 6) is 2.59. The first kappa shape index (κ1) is 10.5. The van der Waals surface area contributed by atoms with Crippen molar-refractivity contribution in [2.45, 2.75) is 20.8 Å². The molecule has 2 heteroatoms. The van der Waals surface area contributed by atoms with Gasteiger partial charge in [-0.1, -0.05) is 36.7 Å². The lowest BCUT2D eigenvalue weighted by Crippen LogP contribution is -2.27. The van der Waals surface area contributed by atoms with Gasteiger partial charge in [-0.3, -0.25) is 0 Å². The van der Waals surface area contributed by atoms with Crippen LogP contribution in [-0.2, 0) is 0 Å². The maximum absolute atomic E-state index is 3.53. The van der Waals surface area contributed by atoms with Gasteiger partial charge in [-0.05, 0) is 17.8 Å². The van der Waals surface area contributed by atoms with Crippen LogP contribution in [0.3, 0.4) is 0 Å². The van der Waals surface area contributed by atoms with E-state index in [2.05, 4.69) is 41.6 Å². The second-order valence-electron chi connectivity index (χ2n) is 4.43. The molecule has 3 atom stereocenters. The maximum atomic E-state index is 3.53. The van der Waals surface area contributed by atoms with Crippen molar-refractivity contribution in [3.05, 3.63) is 0 Å². The third-order valence-corrected chi connectivity index (χ3v) is 4.00. The molecule has 0 radical (unpaired) electrons.